The molecule has 1 amide bonds. The molecule has 1 N–H and O–H groups in total. The molecule has 0 spiro atoms. The number of ether oxygens (including phenoxy) is 1. The fraction of sp³-hybridized carbons (Fsp3) is 0.200. The minimum absolute atomic E-state index is 0.0691. The molecule has 1 unspecified atom stereocenters. The number of carbonyl (C=O) groups excluding carboxylic acids is 2. The fourth-order valence-corrected chi connectivity index (χ4v) is 3.54. The quantitative estimate of drug-likeness (QED) is 0.293. The molecular weight excluding hydrogens is 481 g/mol. The lowest BCUT2D eigenvalue weighted by molar-refractivity contribution is -0.140. The Labute approximate surface area is 175 Å². The van der Waals surface area contributed by atoms with Crippen molar-refractivity contribution in [2.75, 3.05) is 20.3 Å². The van der Waals surface area contributed by atoms with Crippen molar-refractivity contribution in [1.29, 1.82) is 0 Å². The van der Waals surface area contributed by atoms with Crippen molar-refractivity contribution in [1.82, 2.24) is 4.90 Å². The molecular formula is C20H17ClINO4. The van der Waals surface area contributed by atoms with Crippen LogP contribution in [0.3, 0.4) is 0 Å². The third-order valence-corrected chi connectivity index (χ3v) is 5.35. The number of hydrogen-bond donors (Lipinski definition) is 1. The van der Waals surface area contributed by atoms with Gasteiger partial charge in [0.05, 0.1) is 18.2 Å². The summed E-state index contributed by atoms with van der Waals surface area (Å²) in [5.41, 5.74) is 1.25. The highest BCUT2D eigenvalue weighted by Crippen LogP contribution is 2.39. The summed E-state index contributed by atoms with van der Waals surface area (Å²) >= 11 is 8.09. The maximum atomic E-state index is 12.7. The number of ketones is 1. The zero-order chi connectivity index (χ0) is 19.6. The van der Waals surface area contributed by atoms with Crippen LogP contribution in [0, 0.1) is 3.57 Å². The second kappa shape index (κ2) is 8.41. The lowest BCUT2D eigenvalue weighted by Crippen LogP contribution is -2.32. The van der Waals surface area contributed by atoms with Gasteiger partial charge < -0.3 is 14.7 Å². The van der Waals surface area contributed by atoms with Gasteiger partial charge in [-0.25, -0.2) is 0 Å². The number of aliphatic hydroxyl groups excluding tert-OH is 1. The summed E-state index contributed by atoms with van der Waals surface area (Å²) in [7, 11) is 1.53. The lowest BCUT2D eigenvalue weighted by atomic mass is 9.95. The number of rotatable bonds is 5. The molecule has 1 fully saturated rings. The molecule has 0 radical (unpaired) electrons. The van der Waals surface area contributed by atoms with Crippen molar-refractivity contribution in [3.05, 3.63) is 73.8 Å². The number of amides is 1. The van der Waals surface area contributed by atoms with Crippen LogP contribution in [0.2, 0.25) is 5.02 Å². The third kappa shape index (κ3) is 4.02. The number of methoxy groups -OCH3 is 1. The van der Waals surface area contributed by atoms with Crippen LogP contribution in [0.15, 0.2) is 54.1 Å². The molecule has 27 heavy (non-hydrogen) atoms. The van der Waals surface area contributed by atoms with Crippen molar-refractivity contribution in [3.63, 3.8) is 0 Å². The molecule has 0 saturated carbocycles. The summed E-state index contributed by atoms with van der Waals surface area (Å²) in [6, 6.07) is 13.3. The largest absolute Gasteiger partial charge is 0.507 e. The van der Waals surface area contributed by atoms with E-state index in [1.54, 1.807) is 24.3 Å². The molecule has 1 aliphatic rings. The Morgan fingerprint density at radius 2 is 1.78 bits per heavy atom. The molecule has 1 saturated heterocycles. The van der Waals surface area contributed by atoms with Crippen molar-refractivity contribution in [2.24, 2.45) is 0 Å². The number of likely N-dealkylation sites (tertiary alicyclic amines) is 1. The second-order valence-electron chi connectivity index (χ2n) is 6.04. The average Bonchev–Trinajstić information content (AvgIpc) is 2.91. The van der Waals surface area contributed by atoms with Crippen LogP contribution in [0.4, 0.5) is 0 Å². The summed E-state index contributed by atoms with van der Waals surface area (Å²) in [6.45, 7) is 0.532. The topological polar surface area (TPSA) is 66.8 Å². The van der Waals surface area contributed by atoms with E-state index in [-0.39, 0.29) is 24.5 Å². The molecule has 7 heteroatoms. The summed E-state index contributed by atoms with van der Waals surface area (Å²) in [4.78, 5) is 26.8. The van der Waals surface area contributed by atoms with Crippen LogP contribution in [-0.4, -0.2) is 42.0 Å². The van der Waals surface area contributed by atoms with Crippen LogP contribution in [-0.2, 0) is 14.3 Å². The number of Topliss-reactive ketones (excluding diaryl/α,β-unsaturated/α-hetero) is 1. The highest BCUT2D eigenvalue weighted by atomic mass is 127. The molecule has 0 aliphatic carbocycles. The highest BCUT2D eigenvalue weighted by Gasteiger charge is 2.45. The maximum Gasteiger partial charge on any atom is 0.295 e. The van der Waals surface area contributed by atoms with Gasteiger partial charge >= 0.3 is 0 Å². The second-order valence-corrected chi connectivity index (χ2v) is 7.73. The van der Waals surface area contributed by atoms with E-state index in [0.717, 1.165) is 9.13 Å². The molecule has 5 nitrogen and oxygen atoms in total. The number of carbonyl (C=O) groups is 2. The van der Waals surface area contributed by atoms with E-state index >= 15 is 0 Å². The number of hydrogen-bond acceptors (Lipinski definition) is 4. The predicted octanol–water partition coefficient (Wildman–Crippen LogP) is 4.01. The molecule has 2 aromatic rings. The molecule has 0 aromatic heterocycles. The standard InChI is InChI=1S/C20H17ClINO4/c1-27-11-10-23-17(12-4-8-15(22)9-5-12)16(19(25)20(23)26)18(24)13-2-6-14(21)7-3-13/h2-9,17,24H,10-11H2,1H3/b18-16-. The number of aliphatic hydroxyl groups is 1. The van der Waals surface area contributed by atoms with Gasteiger partial charge in [0, 0.05) is 27.8 Å². The summed E-state index contributed by atoms with van der Waals surface area (Å²) in [5, 5.41) is 11.3. The summed E-state index contributed by atoms with van der Waals surface area (Å²) in [6.07, 6.45) is 0. The SMILES string of the molecule is COCCN1C(=O)C(=O)/C(=C(\O)c2ccc(Cl)cc2)C1c1ccc(I)cc1. The summed E-state index contributed by atoms with van der Waals surface area (Å²) in [5.74, 6) is -1.57. The minimum atomic E-state index is -0.706. The lowest BCUT2D eigenvalue weighted by Gasteiger charge is -2.25. The van der Waals surface area contributed by atoms with Crippen LogP contribution >= 0.6 is 34.2 Å². The Kier molecular flexibility index (Phi) is 6.18. The van der Waals surface area contributed by atoms with E-state index in [1.807, 2.05) is 24.3 Å². The highest BCUT2D eigenvalue weighted by molar-refractivity contribution is 14.1. The monoisotopic (exact) mass is 497 g/mol. The van der Waals surface area contributed by atoms with Crippen molar-refractivity contribution < 1.29 is 19.4 Å². The Morgan fingerprint density at radius 3 is 2.37 bits per heavy atom. The van der Waals surface area contributed by atoms with Gasteiger partial charge in [-0.1, -0.05) is 23.7 Å². The zero-order valence-electron chi connectivity index (χ0n) is 14.5. The molecule has 0 bridgehead atoms. The van der Waals surface area contributed by atoms with E-state index in [0.29, 0.717) is 10.6 Å². The maximum absolute atomic E-state index is 12.7. The van der Waals surface area contributed by atoms with E-state index < -0.39 is 17.7 Å². The number of halogens is 2. The zero-order valence-corrected chi connectivity index (χ0v) is 17.4. The van der Waals surface area contributed by atoms with Crippen LogP contribution in [0.25, 0.3) is 5.76 Å². The Morgan fingerprint density at radius 1 is 1.15 bits per heavy atom. The molecule has 3 rings (SSSR count). The molecule has 1 aliphatic heterocycles. The van der Waals surface area contributed by atoms with E-state index in [9.17, 15) is 14.7 Å². The van der Waals surface area contributed by atoms with Crippen molar-refractivity contribution in [2.45, 2.75) is 6.04 Å². The van der Waals surface area contributed by atoms with E-state index in [1.165, 1.54) is 12.0 Å². The fourth-order valence-electron chi connectivity index (χ4n) is 3.06. The van der Waals surface area contributed by atoms with Crippen LogP contribution < -0.4 is 0 Å². The summed E-state index contributed by atoms with van der Waals surface area (Å²) < 4.78 is 6.12. The Hall–Kier alpha value is -1.90. The first-order valence-electron chi connectivity index (χ1n) is 8.22. The first-order chi connectivity index (χ1) is 12.9. The van der Waals surface area contributed by atoms with Crippen LogP contribution in [0.1, 0.15) is 17.2 Å². The molecule has 140 valence electrons. The van der Waals surface area contributed by atoms with Gasteiger partial charge in [-0.15, -0.1) is 0 Å². The normalized spacial score (nSPS) is 18.9. The van der Waals surface area contributed by atoms with Gasteiger partial charge in [0.1, 0.15) is 5.76 Å². The smallest absolute Gasteiger partial charge is 0.295 e. The molecule has 1 heterocycles. The number of benzene rings is 2. The predicted molar refractivity (Wildman–Crippen MR) is 111 cm³/mol. The number of nitrogens with zero attached hydrogens (tertiary/aromatic N) is 1. The van der Waals surface area contributed by atoms with Gasteiger partial charge in [-0.05, 0) is 64.6 Å². The molecule has 1 atom stereocenters. The average molecular weight is 498 g/mol. The Balaban J connectivity index is 2.14. The minimum Gasteiger partial charge on any atom is -0.507 e. The van der Waals surface area contributed by atoms with E-state index in [2.05, 4.69) is 22.6 Å². The van der Waals surface area contributed by atoms with Gasteiger partial charge in [0.2, 0.25) is 0 Å². The first-order valence-corrected chi connectivity index (χ1v) is 9.68. The van der Waals surface area contributed by atoms with E-state index in [4.69, 9.17) is 16.3 Å². The van der Waals surface area contributed by atoms with Gasteiger partial charge in [-0.2, -0.15) is 0 Å². The van der Waals surface area contributed by atoms with Crippen LogP contribution in [0.5, 0.6) is 0 Å². The van der Waals surface area contributed by atoms with Gasteiger partial charge in [0.15, 0.2) is 0 Å². The van der Waals surface area contributed by atoms with Crippen molar-refractivity contribution in [3.8, 4) is 0 Å². The Bertz CT molecular complexity index is 893. The third-order valence-electron chi connectivity index (χ3n) is 4.38. The van der Waals surface area contributed by atoms with Gasteiger partial charge in [-0.3, -0.25) is 9.59 Å². The van der Waals surface area contributed by atoms with Crippen molar-refractivity contribution >= 4 is 51.6 Å². The molecule has 2 aromatic carbocycles. The van der Waals surface area contributed by atoms with Gasteiger partial charge in [0.25, 0.3) is 11.7 Å². The first kappa shape index (κ1) is 19.9.